The maximum absolute atomic E-state index is 5.41. The average molecular weight is 405 g/mol. The monoisotopic (exact) mass is 404 g/mol. The predicted molar refractivity (Wildman–Crippen MR) is 121 cm³/mol. The van der Waals surface area contributed by atoms with Gasteiger partial charge in [0.25, 0.3) is 0 Å². The zero-order chi connectivity index (χ0) is 20.4. The highest BCUT2D eigenvalue weighted by atomic mass is 15.0. The molecular weight excluding hydrogens is 356 g/mol. The Morgan fingerprint density at radius 2 is 0.393 bits per heavy atom. The van der Waals surface area contributed by atoms with Gasteiger partial charge in [0.2, 0.25) is 0 Å². The van der Waals surface area contributed by atoms with Crippen LogP contribution in [-0.2, 0) is 0 Å². The molecule has 0 unspecified atom stereocenters. The van der Waals surface area contributed by atoms with Gasteiger partial charge in [-0.05, 0) is 0 Å². The minimum absolute atomic E-state index is 0.702. The van der Waals surface area contributed by atoms with Gasteiger partial charge in [-0.25, -0.2) is 0 Å². The van der Waals surface area contributed by atoms with Crippen LogP contribution in [0.4, 0.5) is 0 Å². The molecule has 0 radical (unpaired) electrons. The lowest BCUT2D eigenvalue weighted by Gasteiger charge is -2.09. The quantitative estimate of drug-likeness (QED) is 0.0676. The van der Waals surface area contributed by atoms with E-state index < -0.39 is 0 Å². The third-order valence-corrected chi connectivity index (χ3v) is 3.99. The second kappa shape index (κ2) is 26.6. The third-order valence-electron chi connectivity index (χ3n) is 3.99. The van der Waals surface area contributed by atoms with Gasteiger partial charge in [-0.1, -0.05) is 0 Å². The summed E-state index contributed by atoms with van der Waals surface area (Å²) in [5.74, 6) is 0. The zero-order valence-electron chi connectivity index (χ0n) is 17.9. The summed E-state index contributed by atoms with van der Waals surface area (Å²) in [6, 6.07) is 0. The van der Waals surface area contributed by atoms with E-state index in [1.165, 1.54) is 0 Å². The van der Waals surface area contributed by atoms with Gasteiger partial charge in [-0.2, -0.15) is 0 Å². The van der Waals surface area contributed by atoms with Gasteiger partial charge >= 0.3 is 0 Å². The Balaban J connectivity index is 2.96. The number of rotatable bonds is 25. The topological polar surface area (TPSA) is 148 Å². The fraction of sp³-hybridized carbons (Fsp3) is 1.00. The predicted octanol–water partition coefficient (Wildman–Crippen LogP) is -4.38. The fourth-order valence-electron chi connectivity index (χ4n) is 2.44. The molecule has 0 spiro atoms. The number of nitrogens with one attached hydrogen (secondary N) is 8. The highest BCUT2D eigenvalue weighted by Crippen LogP contribution is 1.65. The molecule has 0 saturated heterocycles. The normalized spacial score (nSPS) is 11.4. The minimum Gasteiger partial charge on any atom is -0.329 e. The molecule has 28 heavy (non-hydrogen) atoms. The SMILES string of the molecule is NCCNCCNCCNCCNCCNCCNCCNCCNCCN. The molecule has 0 atom stereocenters. The molecule has 0 saturated carbocycles. The van der Waals surface area contributed by atoms with Gasteiger partial charge in [0, 0.05) is 118 Å². The molecule has 0 rings (SSSR count). The van der Waals surface area contributed by atoms with Gasteiger partial charge in [-0.3, -0.25) is 0 Å². The summed E-state index contributed by atoms with van der Waals surface area (Å²) in [4.78, 5) is 0. The molecule has 0 aromatic heterocycles. The van der Waals surface area contributed by atoms with Crippen LogP contribution in [0.25, 0.3) is 0 Å². The van der Waals surface area contributed by atoms with Crippen molar-refractivity contribution in [1.29, 1.82) is 0 Å². The molecule has 0 fully saturated rings. The van der Waals surface area contributed by atoms with Gasteiger partial charge < -0.3 is 54.0 Å². The van der Waals surface area contributed by atoms with Crippen LogP contribution < -0.4 is 54.0 Å². The van der Waals surface area contributed by atoms with Crippen molar-refractivity contribution in [2.75, 3.05) is 118 Å². The van der Waals surface area contributed by atoms with Gasteiger partial charge in [0.1, 0.15) is 0 Å². The van der Waals surface area contributed by atoms with Crippen LogP contribution in [0, 0.1) is 0 Å². The molecule has 0 aliphatic carbocycles. The molecule has 0 bridgehead atoms. The second-order valence-electron chi connectivity index (χ2n) is 6.58. The summed E-state index contributed by atoms with van der Waals surface area (Å²) in [5, 5.41) is 27.0. The van der Waals surface area contributed by atoms with Crippen LogP contribution in [-0.4, -0.2) is 118 Å². The number of hydrogen-bond donors (Lipinski definition) is 10. The summed E-state index contributed by atoms with van der Waals surface area (Å²) >= 11 is 0. The summed E-state index contributed by atoms with van der Waals surface area (Å²) in [6.07, 6.45) is 0. The Bertz CT molecular complexity index is 245. The van der Waals surface area contributed by atoms with E-state index in [9.17, 15) is 0 Å². The largest absolute Gasteiger partial charge is 0.329 e. The lowest BCUT2D eigenvalue weighted by Crippen LogP contribution is -2.38. The molecule has 0 amide bonds. The smallest absolute Gasteiger partial charge is 0.00772 e. The molecule has 10 nitrogen and oxygen atoms in total. The first-order valence-corrected chi connectivity index (χ1v) is 11.0. The highest BCUT2D eigenvalue weighted by Gasteiger charge is 1.92. The molecule has 0 aliphatic rings. The fourth-order valence-corrected chi connectivity index (χ4v) is 2.44. The Morgan fingerprint density at radius 1 is 0.250 bits per heavy atom. The van der Waals surface area contributed by atoms with Crippen molar-refractivity contribution in [2.45, 2.75) is 0 Å². The van der Waals surface area contributed by atoms with E-state index in [0.29, 0.717) is 13.1 Å². The molecule has 0 aromatic rings. The Kier molecular flexibility index (Phi) is 26.2. The van der Waals surface area contributed by atoms with E-state index in [0.717, 1.165) is 105 Å². The molecule has 0 aliphatic heterocycles. The summed E-state index contributed by atoms with van der Waals surface area (Å²) in [7, 11) is 0. The standard InChI is InChI=1S/C18H48N10/c19-1-3-21-5-7-23-9-11-25-13-15-27-17-18-28-16-14-26-12-10-24-8-6-22-4-2-20/h21-28H,1-20H2. The summed E-state index contributed by atoms with van der Waals surface area (Å²) in [6.45, 7) is 17.1. The molecule has 170 valence electrons. The Morgan fingerprint density at radius 3 is 0.536 bits per heavy atom. The van der Waals surface area contributed by atoms with Gasteiger partial charge in [-0.15, -0.1) is 0 Å². The van der Waals surface area contributed by atoms with E-state index >= 15 is 0 Å². The van der Waals surface area contributed by atoms with Crippen LogP contribution in [0.15, 0.2) is 0 Å². The molecular formula is C18H48N10. The molecule has 12 N–H and O–H groups in total. The van der Waals surface area contributed by atoms with Crippen molar-refractivity contribution in [3.05, 3.63) is 0 Å². The van der Waals surface area contributed by atoms with E-state index in [1.807, 2.05) is 0 Å². The first-order valence-electron chi connectivity index (χ1n) is 11.0. The number of nitrogens with two attached hydrogens (primary N) is 2. The summed E-state index contributed by atoms with van der Waals surface area (Å²) in [5.41, 5.74) is 10.8. The average Bonchev–Trinajstić information content (AvgIpc) is 2.71. The third kappa shape index (κ3) is 25.6. The van der Waals surface area contributed by atoms with Crippen molar-refractivity contribution < 1.29 is 0 Å². The van der Waals surface area contributed by atoms with E-state index in [-0.39, 0.29) is 0 Å². The lowest BCUT2D eigenvalue weighted by atomic mass is 10.5. The highest BCUT2D eigenvalue weighted by molar-refractivity contribution is 4.59. The second-order valence-corrected chi connectivity index (χ2v) is 6.58. The first-order chi connectivity index (χ1) is 13.9. The van der Waals surface area contributed by atoms with Crippen LogP contribution in [0.1, 0.15) is 0 Å². The van der Waals surface area contributed by atoms with Crippen LogP contribution in [0.3, 0.4) is 0 Å². The van der Waals surface area contributed by atoms with Crippen LogP contribution >= 0.6 is 0 Å². The Hall–Kier alpha value is -0.400. The van der Waals surface area contributed by atoms with Crippen molar-refractivity contribution in [3.8, 4) is 0 Å². The number of hydrogen-bond acceptors (Lipinski definition) is 10. The van der Waals surface area contributed by atoms with E-state index in [1.54, 1.807) is 0 Å². The van der Waals surface area contributed by atoms with Crippen molar-refractivity contribution in [3.63, 3.8) is 0 Å². The van der Waals surface area contributed by atoms with Crippen molar-refractivity contribution >= 4 is 0 Å². The summed E-state index contributed by atoms with van der Waals surface area (Å²) < 4.78 is 0. The maximum Gasteiger partial charge on any atom is 0.00772 e. The maximum atomic E-state index is 5.41. The van der Waals surface area contributed by atoms with E-state index in [2.05, 4.69) is 42.5 Å². The molecule has 0 aromatic carbocycles. The van der Waals surface area contributed by atoms with Crippen molar-refractivity contribution in [1.82, 2.24) is 42.5 Å². The van der Waals surface area contributed by atoms with Crippen molar-refractivity contribution in [2.24, 2.45) is 11.5 Å². The van der Waals surface area contributed by atoms with Gasteiger partial charge in [0.15, 0.2) is 0 Å². The lowest BCUT2D eigenvalue weighted by molar-refractivity contribution is 0.546. The zero-order valence-corrected chi connectivity index (χ0v) is 17.9. The van der Waals surface area contributed by atoms with Crippen LogP contribution in [0.5, 0.6) is 0 Å². The minimum atomic E-state index is 0.702. The molecule has 10 heteroatoms. The first kappa shape index (κ1) is 27.6. The Labute approximate surface area is 172 Å². The van der Waals surface area contributed by atoms with Gasteiger partial charge in [0.05, 0.1) is 0 Å². The van der Waals surface area contributed by atoms with Crippen LogP contribution in [0.2, 0.25) is 0 Å². The molecule has 0 heterocycles. The van der Waals surface area contributed by atoms with E-state index in [4.69, 9.17) is 11.5 Å².